The third-order valence-electron chi connectivity index (χ3n) is 1.67. The van der Waals surface area contributed by atoms with E-state index in [0.29, 0.717) is 0 Å². The van der Waals surface area contributed by atoms with Gasteiger partial charge in [0, 0.05) is 0 Å². The van der Waals surface area contributed by atoms with Gasteiger partial charge in [-0.3, -0.25) is 4.79 Å². The van der Waals surface area contributed by atoms with Crippen LogP contribution in [0, 0.1) is 0 Å². The van der Waals surface area contributed by atoms with Crippen LogP contribution in [0.3, 0.4) is 0 Å². The average Bonchev–Trinajstić information content (AvgIpc) is 1.95. The van der Waals surface area contributed by atoms with Crippen molar-refractivity contribution in [3.8, 4) is 0 Å². The minimum absolute atomic E-state index is 0.800. The van der Waals surface area contributed by atoms with Crippen LogP contribution in [0.4, 0.5) is 8.78 Å². The quantitative estimate of drug-likeness (QED) is 0.568. The predicted molar refractivity (Wildman–Crippen MR) is 37.7 cm³/mol. The molecule has 0 N–H and O–H groups in total. The van der Waals surface area contributed by atoms with Gasteiger partial charge in [0.05, 0.1) is 0 Å². The maximum absolute atomic E-state index is 13.2. The van der Waals surface area contributed by atoms with Gasteiger partial charge in [0.2, 0.25) is 5.67 Å². The molecule has 3 heteroatoms. The highest BCUT2D eigenvalue weighted by Gasteiger charge is 2.41. The smallest absolute Gasteiger partial charge is 0.221 e. The zero-order valence-corrected chi connectivity index (χ0v) is 6.05. The van der Waals surface area contributed by atoms with Crippen LogP contribution in [0.25, 0.3) is 0 Å². The Morgan fingerprint density at radius 2 is 2.18 bits per heavy atom. The maximum atomic E-state index is 13.2. The highest BCUT2D eigenvalue weighted by Crippen LogP contribution is 2.26. The summed E-state index contributed by atoms with van der Waals surface area (Å²) in [6.45, 7) is 1.04. The molecule has 0 aromatic rings. The molecule has 0 saturated heterocycles. The molecule has 0 aromatic heterocycles. The van der Waals surface area contributed by atoms with Gasteiger partial charge in [0.15, 0.2) is 12.0 Å². The third-order valence-corrected chi connectivity index (χ3v) is 1.67. The summed E-state index contributed by atoms with van der Waals surface area (Å²) in [6.07, 6.45) is 2.84. The molecule has 0 bridgehead atoms. The van der Waals surface area contributed by atoms with Crippen LogP contribution < -0.4 is 0 Å². The zero-order valence-electron chi connectivity index (χ0n) is 6.05. The lowest BCUT2D eigenvalue weighted by Gasteiger charge is -2.22. The van der Waals surface area contributed by atoms with Crippen molar-refractivity contribution in [2.45, 2.75) is 18.8 Å². The Labute approximate surface area is 63.4 Å². The molecule has 0 fully saturated rings. The lowest BCUT2D eigenvalue weighted by molar-refractivity contribution is -0.127. The summed E-state index contributed by atoms with van der Waals surface area (Å²) in [7, 11) is 0. The van der Waals surface area contributed by atoms with E-state index in [1.165, 1.54) is 12.2 Å². The topological polar surface area (TPSA) is 17.1 Å². The van der Waals surface area contributed by atoms with E-state index < -0.39 is 17.6 Å². The normalized spacial score (nSPS) is 35.7. The Bertz CT molecular complexity index is 232. The fourth-order valence-electron chi connectivity index (χ4n) is 0.901. The first-order valence-electron chi connectivity index (χ1n) is 3.27. The molecule has 60 valence electrons. The van der Waals surface area contributed by atoms with Gasteiger partial charge in [-0.25, -0.2) is 8.78 Å². The number of carbonyl (C=O) groups is 1. The molecule has 0 saturated carbocycles. The highest BCUT2D eigenvalue weighted by atomic mass is 19.2. The van der Waals surface area contributed by atoms with Crippen LogP contribution >= 0.6 is 0 Å². The monoisotopic (exact) mass is 158 g/mol. The Balaban J connectivity index is 2.94. The Morgan fingerprint density at radius 1 is 1.55 bits per heavy atom. The molecule has 1 aliphatic rings. The first-order chi connectivity index (χ1) is 5.07. The second-order valence-corrected chi connectivity index (χ2v) is 2.47. The summed E-state index contributed by atoms with van der Waals surface area (Å²) in [6, 6.07) is 0. The van der Waals surface area contributed by atoms with E-state index in [4.69, 9.17) is 0 Å². The van der Waals surface area contributed by atoms with Crippen molar-refractivity contribution >= 4 is 5.78 Å². The molecular formula is C8H8F2O. The van der Waals surface area contributed by atoms with Gasteiger partial charge in [0.1, 0.15) is 0 Å². The van der Waals surface area contributed by atoms with E-state index in [9.17, 15) is 13.6 Å². The van der Waals surface area contributed by atoms with Crippen LogP contribution in [-0.2, 0) is 4.79 Å². The maximum Gasteiger partial charge on any atom is 0.221 e. The van der Waals surface area contributed by atoms with Gasteiger partial charge in [-0.2, -0.15) is 0 Å². The summed E-state index contributed by atoms with van der Waals surface area (Å²) < 4.78 is 26.0. The molecule has 0 aromatic carbocycles. The van der Waals surface area contributed by atoms with Crippen LogP contribution in [0.1, 0.15) is 6.92 Å². The van der Waals surface area contributed by atoms with Crippen LogP contribution in [0.5, 0.6) is 0 Å². The van der Waals surface area contributed by atoms with Gasteiger partial charge in [-0.15, -0.1) is 0 Å². The van der Waals surface area contributed by atoms with Crippen molar-refractivity contribution in [1.29, 1.82) is 0 Å². The van der Waals surface area contributed by atoms with E-state index in [2.05, 4.69) is 0 Å². The summed E-state index contributed by atoms with van der Waals surface area (Å²) in [4.78, 5) is 10.6. The first kappa shape index (κ1) is 8.11. The SMILES string of the molecule is CC(=O)C1(F)C=CC=CC1F. The Morgan fingerprint density at radius 3 is 2.55 bits per heavy atom. The van der Waals surface area contributed by atoms with Crippen LogP contribution in [0.15, 0.2) is 24.3 Å². The summed E-state index contributed by atoms with van der Waals surface area (Å²) in [5.41, 5.74) is -2.44. The number of hydrogen-bond acceptors (Lipinski definition) is 1. The number of halogens is 2. The molecule has 1 nitrogen and oxygen atoms in total. The van der Waals surface area contributed by atoms with Gasteiger partial charge >= 0.3 is 0 Å². The van der Waals surface area contributed by atoms with Gasteiger partial charge in [-0.05, 0) is 19.1 Å². The number of Topliss-reactive ketones (excluding diaryl/α,β-unsaturated/α-hetero) is 1. The molecule has 0 spiro atoms. The zero-order chi connectivity index (χ0) is 8.48. The van der Waals surface area contributed by atoms with Gasteiger partial charge in [0.25, 0.3) is 0 Å². The number of carbonyl (C=O) groups excluding carboxylic acids is 1. The molecule has 0 heterocycles. The van der Waals surface area contributed by atoms with Crippen molar-refractivity contribution in [3.05, 3.63) is 24.3 Å². The van der Waals surface area contributed by atoms with E-state index in [0.717, 1.165) is 19.1 Å². The lowest BCUT2D eigenvalue weighted by atomic mass is 9.92. The number of alkyl halides is 2. The second kappa shape index (κ2) is 2.57. The number of allylic oxidation sites excluding steroid dienone is 4. The minimum Gasteiger partial charge on any atom is -0.296 e. The van der Waals surface area contributed by atoms with Crippen molar-refractivity contribution in [2.24, 2.45) is 0 Å². The van der Waals surface area contributed by atoms with E-state index in [-0.39, 0.29) is 0 Å². The van der Waals surface area contributed by atoms with E-state index in [1.807, 2.05) is 0 Å². The van der Waals surface area contributed by atoms with Crippen molar-refractivity contribution in [2.75, 3.05) is 0 Å². The summed E-state index contributed by atoms with van der Waals surface area (Å²) >= 11 is 0. The summed E-state index contributed by atoms with van der Waals surface area (Å²) in [5.74, 6) is -0.800. The largest absolute Gasteiger partial charge is 0.296 e. The Kier molecular flexibility index (Phi) is 1.89. The number of rotatable bonds is 1. The molecule has 0 aliphatic heterocycles. The average molecular weight is 158 g/mol. The molecule has 0 amide bonds. The van der Waals surface area contributed by atoms with Crippen LogP contribution in [0.2, 0.25) is 0 Å². The summed E-state index contributed by atoms with van der Waals surface area (Å²) in [5, 5.41) is 0. The fourth-order valence-corrected chi connectivity index (χ4v) is 0.901. The lowest BCUT2D eigenvalue weighted by Crippen LogP contribution is -2.39. The van der Waals surface area contributed by atoms with Gasteiger partial charge in [-0.1, -0.05) is 12.2 Å². The molecule has 1 aliphatic carbocycles. The standard InChI is InChI=1S/C8H8F2O/c1-6(11)8(10)5-3-2-4-7(8)9/h2-5,7H,1H3. The molecular weight excluding hydrogens is 150 g/mol. The number of ketones is 1. The molecule has 0 radical (unpaired) electrons. The van der Waals surface area contributed by atoms with Crippen molar-refractivity contribution in [3.63, 3.8) is 0 Å². The minimum atomic E-state index is -2.44. The second-order valence-electron chi connectivity index (χ2n) is 2.47. The Hall–Kier alpha value is -0.990. The molecule has 1 rings (SSSR count). The van der Waals surface area contributed by atoms with Crippen molar-refractivity contribution in [1.82, 2.24) is 0 Å². The van der Waals surface area contributed by atoms with Gasteiger partial charge < -0.3 is 0 Å². The third kappa shape index (κ3) is 1.23. The molecule has 11 heavy (non-hydrogen) atoms. The molecule has 2 unspecified atom stereocenters. The van der Waals surface area contributed by atoms with Crippen molar-refractivity contribution < 1.29 is 13.6 Å². The number of hydrogen-bond donors (Lipinski definition) is 0. The van der Waals surface area contributed by atoms with Crippen LogP contribution in [-0.4, -0.2) is 17.6 Å². The molecule has 2 atom stereocenters. The predicted octanol–water partition coefficient (Wildman–Crippen LogP) is 1.75. The van der Waals surface area contributed by atoms with E-state index in [1.54, 1.807) is 0 Å². The highest BCUT2D eigenvalue weighted by molar-refractivity contribution is 5.88. The van der Waals surface area contributed by atoms with E-state index >= 15 is 0 Å². The fraction of sp³-hybridized carbons (Fsp3) is 0.375. The first-order valence-corrected chi connectivity index (χ1v) is 3.27.